The summed E-state index contributed by atoms with van der Waals surface area (Å²) in [5.74, 6) is -1.000. The normalized spacial score (nSPS) is 20.2. The molecule has 2 amide bonds. The Morgan fingerprint density at radius 2 is 1.88 bits per heavy atom. The van der Waals surface area contributed by atoms with Crippen LogP contribution in [-0.4, -0.2) is 36.7 Å². The minimum atomic E-state index is -0.731. The molecule has 0 radical (unpaired) electrons. The van der Waals surface area contributed by atoms with Crippen molar-refractivity contribution in [1.82, 2.24) is 5.32 Å². The van der Waals surface area contributed by atoms with Gasteiger partial charge in [-0.2, -0.15) is 0 Å². The third kappa shape index (κ3) is 4.88. The van der Waals surface area contributed by atoms with Crippen LogP contribution in [-0.2, 0) is 4.79 Å². The number of para-hydroxylation sites is 2. The summed E-state index contributed by atoms with van der Waals surface area (Å²) in [4.78, 5) is 25.4. The summed E-state index contributed by atoms with van der Waals surface area (Å²) in [5.41, 5.74) is 1.77. The number of carboxylic acid groups (broad SMARTS) is 1. The highest BCUT2D eigenvalue weighted by Gasteiger charge is 2.26. The minimum Gasteiger partial charge on any atom is -0.481 e. The maximum Gasteiger partial charge on any atom is 0.319 e. The molecule has 0 unspecified atom stereocenters. The Morgan fingerprint density at radius 3 is 2.50 bits per heavy atom. The van der Waals surface area contributed by atoms with Gasteiger partial charge in [-0.3, -0.25) is 4.79 Å². The van der Waals surface area contributed by atoms with Crippen molar-refractivity contribution in [3.8, 4) is 0 Å². The fourth-order valence-electron chi connectivity index (χ4n) is 3.20. The van der Waals surface area contributed by atoms with E-state index < -0.39 is 5.97 Å². The lowest BCUT2D eigenvalue weighted by Gasteiger charge is -2.27. The first kappa shape index (κ1) is 18.1. The topological polar surface area (TPSA) is 81.7 Å². The number of nitrogens with zero attached hydrogens (tertiary/aromatic N) is 1. The molecule has 0 aromatic heterocycles. The summed E-state index contributed by atoms with van der Waals surface area (Å²) in [6.07, 6.45) is 3.69. The average molecular weight is 333 g/mol. The van der Waals surface area contributed by atoms with Crippen molar-refractivity contribution < 1.29 is 14.7 Å². The molecule has 0 aliphatic heterocycles. The van der Waals surface area contributed by atoms with Crippen LogP contribution in [0.3, 0.4) is 0 Å². The molecule has 0 bridgehead atoms. The Kier molecular flexibility index (Phi) is 6.46. The zero-order chi connectivity index (χ0) is 17.5. The summed E-state index contributed by atoms with van der Waals surface area (Å²) in [6.45, 7) is 3.03. The smallest absolute Gasteiger partial charge is 0.319 e. The van der Waals surface area contributed by atoms with E-state index in [1.54, 1.807) is 0 Å². The van der Waals surface area contributed by atoms with E-state index in [1.165, 1.54) is 0 Å². The minimum absolute atomic E-state index is 0.0427. The van der Waals surface area contributed by atoms with Crippen LogP contribution in [0.4, 0.5) is 16.2 Å². The summed E-state index contributed by atoms with van der Waals surface area (Å²) in [6, 6.07) is 7.55. The van der Waals surface area contributed by atoms with Crippen LogP contribution in [0.1, 0.15) is 39.0 Å². The molecule has 132 valence electrons. The fourth-order valence-corrected chi connectivity index (χ4v) is 3.20. The van der Waals surface area contributed by atoms with Gasteiger partial charge in [0.15, 0.2) is 0 Å². The average Bonchev–Trinajstić information content (AvgIpc) is 2.56. The molecule has 0 saturated heterocycles. The maximum atomic E-state index is 12.3. The number of benzene rings is 1. The molecule has 24 heavy (non-hydrogen) atoms. The van der Waals surface area contributed by atoms with E-state index in [2.05, 4.69) is 22.5 Å². The third-order valence-electron chi connectivity index (χ3n) is 4.53. The first-order valence-electron chi connectivity index (χ1n) is 8.61. The predicted octanol–water partition coefficient (Wildman–Crippen LogP) is 3.30. The van der Waals surface area contributed by atoms with Crippen molar-refractivity contribution >= 4 is 23.4 Å². The Morgan fingerprint density at radius 1 is 1.21 bits per heavy atom. The van der Waals surface area contributed by atoms with Crippen LogP contribution in [0.15, 0.2) is 24.3 Å². The van der Waals surface area contributed by atoms with Crippen molar-refractivity contribution in [2.45, 2.75) is 45.1 Å². The Bertz CT molecular complexity index is 568. The standard InChI is InChI=1S/C18H27N3O3/c1-3-12-21(2)16-7-5-4-6-15(16)20-18(24)19-14-10-8-13(9-11-14)17(22)23/h4-7,13-14H,3,8-12H2,1-2H3,(H,22,23)(H2,19,20,24). The highest BCUT2D eigenvalue weighted by molar-refractivity contribution is 5.93. The van der Waals surface area contributed by atoms with Gasteiger partial charge in [0.1, 0.15) is 0 Å². The van der Waals surface area contributed by atoms with E-state index in [9.17, 15) is 9.59 Å². The van der Waals surface area contributed by atoms with Crippen molar-refractivity contribution in [3.63, 3.8) is 0 Å². The number of anilines is 2. The first-order chi connectivity index (χ1) is 11.5. The predicted molar refractivity (Wildman–Crippen MR) is 95.5 cm³/mol. The zero-order valence-electron chi connectivity index (χ0n) is 14.4. The second-order valence-electron chi connectivity index (χ2n) is 6.42. The number of amides is 2. The van der Waals surface area contributed by atoms with E-state index >= 15 is 0 Å². The molecule has 6 heteroatoms. The van der Waals surface area contributed by atoms with E-state index in [-0.39, 0.29) is 18.0 Å². The molecule has 1 aromatic rings. The molecule has 3 N–H and O–H groups in total. The van der Waals surface area contributed by atoms with Gasteiger partial charge in [0.05, 0.1) is 17.3 Å². The molecule has 1 aliphatic carbocycles. The largest absolute Gasteiger partial charge is 0.481 e. The van der Waals surface area contributed by atoms with Gasteiger partial charge in [-0.1, -0.05) is 19.1 Å². The van der Waals surface area contributed by atoms with Crippen molar-refractivity contribution in [2.24, 2.45) is 5.92 Å². The lowest BCUT2D eigenvalue weighted by molar-refractivity contribution is -0.142. The highest BCUT2D eigenvalue weighted by Crippen LogP contribution is 2.26. The molecule has 1 fully saturated rings. The van der Waals surface area contributed by atoms with Gasteiger partial charge in [-0.15, -0.1) is 0 Å². The second kappa shape index (κ2) is 8.57. The molecular weight excluding hydrogens is 306 g/mol. The summed E-state index contributed by atoms with van der Waals surface area (Å²) in [7, 11) is 2.01. The van der Waals surface area contributed by atoms with Gasteiger partial charge in [0, 0.05) is 19.6 Å². The number of hydrogen-bond donors (Lipinski definition) is 3. The molecule has 1 aromatic carbocycles. The lowest BCUT2D eigenvalue weighted by Crippen LogP contribution is -2.41. The quantitative estimate of drug-likeness (QED) is 0.746. The zero-order valence-corrected chi connectivity index (χ0v) is 14.4. The summed E-state index contributed by atoms with van der Waals surface area (Å²) >= 11 is 0. The van der Waals surface area contributed by atoms with Crippen LogP contribution in [0, 0.1) is 5.92 Å². The van der Waals surface area contributed by atoms with Gasteiger partial charge >= 0.3 is 12.0 Å². The molecule has 0 heterocycles. The van der Waals surface area contributed by atoms with Crippen molar-refractivity contribution in [1.29, 1.82) is 0 Å². The lowest BCUT2D eigenvalue weighted by atomic mass is 9.86. The second-order valence-corrected chi connectivity index (χ2v) is 6.42. The van der Waals surface area contributed by atoms with Crippen LogP contribution < -0.4 is 15.5 Å². The summed E-state index contributed by atoms with van der Waals surface area (Å²) < 4.78 is 0. The molecule has 2 rings (SSSR count). The van der Waals surface area contributed by atoms with E-state index in [0.29, 0.717) is 25.7 Å². The van der Waals surface area contributed by atoms with Gasteiger partial charge in [0.25, 0.3) is 0 Å². The fraction of sp³-hybridized carbons (Fsp3) is 0.556. The molecule has 0 spiro atoms. The highest BCUT2D eigenvalue weighted by atomic mass is 16.4. The number of aliphatic carboxylic acids is 1. The van der Waals surface area contributed by atoms with Crippen molar-refractivity contribution in [2.75, 3.05) is 23.8 Å². The van der Waals surface area contributed by atoms with Gasteiger partial charge in [-0.05, 0) is 44.2 Å². The van der Waals surface area contributed by atoms with Gasteiger partial charge < -0.3 is 20.6 Å². The number of rotatable bonds is 6. The number of carbonyl (C=O) groups excluding carboxylic acids is 1. The summed E-state index contributed by atoms with van der Waals surface area (Å²) in [5, 5.41) is 14.9. The van der Waals surface area contributed by atoms with Crippen molar-refractivity contribution in [3.05, 3.63) is 24.3 Å². The molecule has 1 aliphatic rings. The van der Waals surface area contributed by atoms with E-state index in [4.69, 9.17) is 5.11 Å². The van der Waals surface area contributed by atoms with Crippen LogP contribution in [0.2, 0.25) is 0 Å². The Labute approximate surface area is 143 Å². The Hall–Kier alpha value is -2.24. The maximum absolute atomic E-state index is 12.3. The van der Waals surface area contributed by atoms with E-state index in [0.717, 1.165) is 24.3 Å². The molecule has 0 atom stereocenters. The van der Waals surface area contributed by atoms with Gasteiger partial charge in [0.2, 0.25) is 0 Å². The van der Waals surface area contributed by atoms with Crippen LogP contribution >= 0.6 is 0 Å². The number of hydrogen-bond acceptors (Lipinski definition) is 3. The molecule has 6 nitrogen and oxygen atoms in total. The number of carbonyl (C=O) groups is 2. The first-order valence-corrected chi connectivity index (χ1v) is 8.61. The molecular formula is C18H27N3O3. The SMILES string of the molecule is CCCN(C)c1ccccc1NC(=O)NC1CCC(C(=O)O)CC1. The Balaban J connectivity index is 1.90. The number of nitrogens with one attached hydrogen (secondary N) is 2. The van der Waals surface area contributed by atoms with Gasteiger partial charge in [-0.25, -0.2) is 4.79 Å². The third-order valence-corrected chi connectivity index (χ3v) is 4.53. The van der Waals surface area contributed by atoms with E-state index in [1.807, 2.05) is 31.3 Å². The van der Waals surface area contributed by atoms with Crippen LogP contribution in [0.25, 0.3) is 0 Å². The number of urea groups is 1. The number of carboxylic acids is 1. The molecule has 1 saturated carbocycles. The monoisotopic (exact) mass is 333 g/mol. The van der Waals surface area contributed by atoms with Crippen LogP contribution in [0.5, 0.6) is 0 Å².